The zero-order chi connectivity index (χ0) is 8.39. The van der Waals surface area contributed by atoms with E-state index in [2.05, 4.69) is 49.4 Å². The van der Waals surface area contributed by atoms with E-state index in [0.717, 1.165) is 6.42 Å². The van der Waals surface area contributed by atoms with Crippen LogP contribution in [-0.2, 0) is 6.42 Å². The fourth-order valence-corrected chi connectivity index (χ4v) is 1.60. The van der Waals surface area contributed by atoms with Crippen LogP contribution in [0.15, 0.2) is 42.5 Å². The first-order valence-corrected chi connectivity index (χ1v) is 4.38. The summed E-state index contributed by atoms with van der Waals surface area (Å²) >= 11 is 0. The normalized spacial score (nSPS) is 7.81. The van der Waals surface area contributed by atoms with Gasteiger partial charge < -0.3 is 71.9 Å². The summed E-state index contributed by atoms with van der Waals surface area (Å²) in [6.07, 6.45) is 1.11. The smallest absolute Gasteiger partial charge is 1.00 e. The van der Waals surface area contributed by atoms with Crippen LogP contribution in [0.25, 0.3) is 10.8 Å². The topological polar surface area (TPSA) is 0 Å². The van der Waals surface area contributed by atoms with Crippen molar-refractivity contribution in [2.24, 2.45) is 0 Å². The van der Waals surface area contributed by atoms with Crippen LogP contribution in [0.1, 0.15) is 12.5 Å². The van der Waals surface area contributed by atoms with E-state index in [4.69, 9.17) is 0 Å². The summed E-state index contributed by atoms with van der Waals surface area (Å²) in [5, 5.41) is 2.74. The number of aryl methyl sites for hydroxylation is 1. The van der Waals surface area contributed by atoms with Crippen molar-refractivity contribution in [3.05, 3.63) is 48.0 Å². The fraction of sp³-hybridized carbons (Fsp3) is 0.167. The second-order valence-electron chi connectivity index (χ2n) is 2.99. The van der Waals surface area contributed by atoms with Gasteiger partial charge in [0, 0.05) is 0 Å². The molecule has 0 amide bonds. The average molecular weight is 548 g/mol. The molecule has 2 aromatic rings. The quantitative estimate of drug-likeness (QED) is 0.247. The Morgan fingerprint density at radius 2 is 1.38 bits per heavy atom. The van der Waals surface area contributed by atoms with Crippen molar-refractivity contribution in [3.63, 3.8) is 0 Å². The molecule has 0 aliphatic rings. The standard InChI is InChI=1S/C12H12.B.3HI/c1-2-10-7-5-8-11-6-3-4-9-12(10)11;;;;/h3-9H,2H2,1H3;;3*1H/q;+3;;;/p-3. The maximum atomic E-state index is 2.20. The maximum Gasteiger partial charge on any atom is 3.00 e. The molecule has 84 valence electrons. The summed E-state index contributed by atoms with van der Waals surface area (Å²) < 4.78 is 0. The van der Waals surface area contributed by atoms with Crippen LogP contribution < -0.4 is 71.9 Å². The molecule has 0 radical (unpaired) electrons. The van der Waals surface area contributed by atoms with Crippen LogP contribution in [0.2, 0.25) is 0 Å². The van der Waals surface area contributed by atoms with Crippen LogP contribution in [0.4, 0.5) is 0 Å². The predicted octanol–water partition coefficient (Wildman–Crippen LogP) is -5.97. The Bertz CT molecular complexity index is 399. The minimum absolute atomic E-state index is 0. The summed E-state index contributed by atoms with van der Waals surface area (Å²) in [4.78, 5) is 0. The molecule has 0 N–H and O–H groups in total. The van der Waals surface area contributed by atoms with Gasteiger partial charge in [0.1, 0.15) is 0 Å². The van der Waals surface area contributed by atoms with Gasteiger partial charge in [0.25, 0.3) is 0 Å². The fourth-order valence-electron chi connectivity index (χ4n) is 1.60. The molecule has 0 unspecified atom stereocenters. The zero-order valence-corrected chi connectivity index (χ0v) is 15.4. The summed E-state index contributed by atoms with van der Waals surface area (Å²) in [5.41, 5.74) is 1.44. The Hall–Kier alpha value is 0.955. The Morgan fingerprint density at radius 3 is 2.00 bits per heavy atom. The average Bonchev–Trinajstić information content (AvgIpc) is 2.17. The molecule has 2 rings (SSSR count). The maximum absolute atomic E-state index is 2.20. The Morgan fingerprint density at radius 1 is 0.812 bits per heavy atom. The van der Waals surface area contributed by atoms with Crippen LogP contribution in [0, 0.1) is 0 Å². The summed E-state index contributed by atoms with van der Waals surface area (Å²) in [5.74, 6) is 0. The molecule has 0 fully saturated rings. The monoisotopic (exact) mass is 548 g/mol. The second-order valence-corrected chi connectivity index (χ2v) is 2.99. The van der Waals surface area contributed by atoms with Crippen LogP contribution >= 0.6 is 0 Å². The number of benzene rings is 2. The van der Waals surface area contributed by atoms with Gasteiger partial charge in [-0.2, -0.15) is 0 Å². The summed E-state index contributed by atoms with van der Waals surface area (Å²) in [7, 11) is 0. The molecule has 0 heterocycles. The Kier molecular flexibility index (Phi) is 15.3. The molecule has 0 atom stereocenters. The van der Waals surface area contributed by atoms with Crippen molar-refractivity contribution in [1.82, 2.24) is 0 Å². The SMILES string of the molecule is CCc1cccc2ccccc12.[B+3].[I-].[I-].[I-]. The second kappa shape index (κ2) is 11.1. The molecule has 0 bridgehead atoms. The van der Waals surface area contributed by atoms with Crippen LogP contribution in [0.5, 0.6) is 0 Å². The first-order chi connectivity index (χ1) is 5.92. The van der Waals surface area contributed by atoms with E-state index in [-0.39, 0.29) is 80.3 Å². The Balaban J connectivity index is -0.000000422. The van der Waals surface area contributed by atoms with E-state index >= 15 is 0 Å². The molecule has 0 spiro atoms. The van der Waals surface area contributed by atoms with Crippen molar-refractivity contribution in [2.45, 2.75) is 13.3 Å². The largest absolute Gasteiger partial charge is 3.00 e. The molecular weight excluding hydrogens is 536 g/mol. The van der Waals surface area contributed by atoms with E-state index in [9.17, 15) is 0 Å². The number of rotatable bonds is 1. The summed E-state index contributed by atoms with van der Waals surface area (Å²) in [6.45, 7) is 2.20. The van der Waals surface area contributed by atoms with Crippen LogP contribution in [-0.4, -0.2) is 8.41 Å². The molecular formula is C12H12BI3. The molecule has 16 heavy (non-hydrogen) atoms. The third kappa shape index (κ3) is 5.08. The van der Waals surface area contributed by atoms with Gasteiger partial charge in [-0.3, -0.25) is 0 Å². The minimum Gasteiger partial charge on any atom is -1.00 e. The number of fused-ring (bicyclic) bond motifs is 1. The minimum atomic E-state index is 0. The molecule has 4 heteroatoms. The number of halogens is 3. The first kappa shape index (κ1) is 22.2. The van der Waals surface area contributed by atoms with Gasteiger partial charge in [-0.25, -0.2) is 0 Å². The predicted molar refractivity (Wildman–Crippen MR) is 59.1 cm³/mol. The molecule has 0 aromatic heterocycles. The van der Waals surface area contributed by atoms with Gasteiger partial charge in [-0.15, -0.1) is 0 Å². The third-order valence-electron chi connectivity index (χ3n) is 2.26. The van der Waals surface area contributed by atoms with Gasteiger partial charge >= 0.3 is 8.41 Å². The third-order valence-corrected chi connectivity index (χ3v) is 2.26. The molecule has 0 aliphatic carbocycles. The van der Waals surface area contributed by atoms with E-state index < -0.39 is 0 Å². The number of hydrogen-bond donors (Lipinski definition) is 0. The van der Waals surface area contributed by atoms with E-state index in [1.165, 1.54) is 16.3 Å². The van der Waals surface area contributed by atoms with E-state index in [1.807, 2.05) is 0 Å². The summed E-state index contributed by atoms with van der Waals surface area (Å²) in [6, 6.07) is 15.0. The molecule has 2 aromatic carbocycles. The first-order valence-electron chi connectivity index (χ1n) is 4.38. The van der Waals surface area contributed by atoms with Crippen molar-refractivity contribution in [3.8, 4) is 0 Å². The zero-order valence-electron chi connectivity index (χ0n) is 8.96. The van der Waals surface area contributed by atoms with Crippen LogP contribution in [0.3, 0.4) is 0 Å². The van der Waals surface area contributed by atoms with Crippen molar-refractivity contribution >= 4 is 19.2 Å². The molecule has 0 saturated heterocycles. The van der Waals surface area contributed by atoms with Gasteiger partial charge in [0.05, 0.1) is 0 Å². The molecule has 0 saturated carbocycles. The van der Waals surface area contributed by atoms with Crippen molar-refractivity contribution in [1.29, 1.82) is 0 Å². The van der Waals surface area contributed by atoms with E-state index in [1.54, 1.807) is 0 Å². The molecule has 0 aliphatic heterocycles. The van der Waals surface area contributed by atoms with Crippen molar-refractivity contribution in [2.75, 3.05) is 0 Å². The van der Waals surface area contributed by atoms with Gasteiger partial charge in [0.2, 0.25) is 0 Å². The molecule has 0 nitrogen and oxygen atoms in total. The van der Waals surface area contributed by atoms with Crippen molar-refractivity contribution < 1.29 is 71.9 Å². The van der Waals surface area contributed by atoms with Gasteiger partial charge in [-0.05, 0) is 22.8 Å². The van der Waals surface area contributed by atoms with Gasteiger partial charge in [-0.1, -0.05) is 49.4 Å². The Labute approximate surface area is 151 Å². The number of hydrogen-bond acceptors (Lipinski definition) is 0. The van der Waals surface area contributed by atoms with E-state index in [0.29, 0.717) is 0 Å². The van der Waals surface area contributed by atoms with Gasteiger partial charge in [0.15, 0.2) is 0 Å².